The van der Waals surface area contributed by atoms with E-state index in [2.05, 4.69) is 0 Å². The Labute approximate surface area is 160 Å². The molecule has 150 valence electrons. The molecule has 1 heterocycles. The minimum absolute atomic E-state index is 0.0294. The number of likely N-dealkylation sites (N-methyl/N-ethyl adjacent to an activating group) is 1. The Morgan fingerprint density at radius 2 is 1.63 bits per heavy atom. The lowest BCUT2D eigenvalue weighted by atomic mass is 10.2. The molecule has 0 unspecified atom stereocenters. The lowest BCUT2D eigenvalue weighted by Crippen LogP contribution is -2.46. The Hall–Kier alpha value is -1.97. The lowest BCUT2D eigenvalue weighted by molar-refractivity contribution is -0.135. The smallest absolute Gasteiger partial charge is 0.254 e. The molecule has 0 aliphatic carbocycles. The lowest BCUT2D eigenvalue weighted by Gasteiger charge is -2.28. The summed E-state index contributed by atoms with van der Waals surface area (Å²) in [5, 5.41) is 0. The van der Waals surface area contributed by atoms with Crippen LogP contribution in [0.4, 0.5) is 0 Å². The summed E-state index contributed by atoms with van der Waals surface area (Å²) < 4.78 is 31.6. The van der Waals surface area contributed by atoms with Crippen LogP contribution < -0.4 is 0 Å². The van der Waals surface area contributed by atoms with Crippen molar-refractivity contribution in [2.75, 3.05) is 53.0 Å². The maximum absolute atomic E-state index is 12.5. The van der Waals surface area contributed by atoms with E-state index in [4.69, 9.17) is 4.74 Å². The largest absolute Gasteiger partial charge is 0.378 e. The summed E-state index contributed by atoms with van der Waals surface area (Å²) in [4.78, 5) is 28.0. The highest BCUT2D eigenvalue weighted by molar-refractivity contribution is 7.89. The van der Waals surface area contributed by atoms with Crippen LogP contribution in [0.2, 0.25) is 0 Å². The topological polar surface area (TPSA) is 87.2 Å². The van der Waals surface area contributed by atoms with Crippen molar-refractivity contribution in [2.24, 2.45) is 0 Å². The molecule has 0 atom stereocenters. The Morgan fingerprint density at radius 3 is 2.15 bits per heavy atom. The zero-order valence-corrected chi connectivity index (χ0v) is 16.9. The van der Waals surface area contributed by atoms with E-state index in [9.17, 15) is 18.0 Å². The number of hydrogen-bond donors (Lipinski definition) is 0. The number of ether oxygens (including phenoxy) is 1. The first-order valence-corrected chi connectivity index (χ1v) is 10.5. The van der Waals surface area contributed by atoms with E-state index in [0.717, 1.165) is 0 Å². The van der Waals surface area contributed by atoms with Crippen molar-refractivity contribution in [3.05, 3.63) is 29.8 Å². The predicted molar refractivity (Wildman–Crippen MR) is 101 cm³/mol. The molecule has 9 heteroatoms. The third-order valence-corrected chi connectivity index (χ3v) is 6.59. The van der Waals surface area contributed by atoms with Crippen molar-refractivity contribution in [1.29, 1.82) is 0 Å². The summed E-state index contributed by atoms with van der Waals surface area (Å²) in [7, 11) is -2.00. The Bertz CT molecular complexity index is 754. The number of rotatable bonds is 7. The number of carbonyl (C=O) groups excluding carboxylic acids is 2. The summed E-state index contributed by atoms with van der Waals surface area (Å²) >= 11 is 0. The van der Waals surface area contributed by atoms with Gasteiger partial charge in [0.2, 0.25) is 15.9 Å². The number of hydrogen-bond acceptors (Lipinski definition) is 5. The average Bonchev–Trinajstić information content (AvgIpc) is 2.68. The van der Waals surface area contributed by atoms with Crippen LogP contribution in [-0.4, -0.2) is 87.3 Å². The van der Waals surface area contributed by atoms with Crippen molar-refractivity contribution in [3.8, 4) is 0 Å². The standard InChI is InChI=1S/C18H27N3O5S/c1-4-21(5-2)27(24,25)16-8-6-15(7-9-16)18(23)19(3)14-17(22)20-10-12-26-13-11-20/h6-9H,4-5,10-14H2,1-3H3. The second kappa shape index (κ2) is 9.29. The highest BCUT2D eigenvalue weighted by Gasteiger charge is 2.23. The zero-order chi connectivity index (χ0) is 20.0. The molecule has 0 radical (unpaired) electrons. The molecular formula is C18H27N3O5S. The van der Waals surface area contributed by atoms with Gasteiger partial charge in [-0.3, -0.25) is 9.59 Å². The van der Waals surface area contributed by atoms with Crippen LogP contribution in [0, 0.1) is 0 Å². The molecule has 27 heavy (non-hydrogen) atoms. The van der Waals surface area contributed by atoms with Gasteiger partial charge in [0.25, 0.3) is 5.91 Å². The van der Waals surface area contributed by atoms with E-state index in [-0.39, 0.29) is 23.3 Å². The zero-order valence-electron chi connectivity index (χ0n) is 16.1. The molecule has 1 aliphatic rings. The van der Waals surface area contributed by atoms with Crippen molar-refractivity contribution < 1.29 is 22.7 Å². The van der Waals surface area contributed by atoms with Gasteiger partial charge in [-0.2, -0.15) is 4.31 Å². The number of sulfonamides is 1. The summed E-state index contributed by atoms with van der Waals surface area (Å²) in [6.45, 7) is 6.35. The molecule has 0 aromatic heterocycles. The van der Waals surface area contributed by atoms with Gasteiger partial charge in [-0.15, -0.1) is 0 Å². The second-order valence-electron chi connectivity index (χ2n) is 6.27. The summed E-state index contributed by atoms with van der Waals surface area (Å²) in [5.74, 6) is -0.460. The molecule has 0 bridgehead atoms. The summed E-state index contributed by atoms with van der Waals surface area (Å²) in [5.41, 5.74) is 0.339. The molecule has 2 amide bonds. The van der Waals surface area contributed by atoms with Crippen molar-refractivity contribution in [2.45, 2.75) is 18.7 Å². The minimum atomic E-state index is -3.56. The third kappa shape index (κ3) is 5.06. The van der Waals surface area contributed by atoms with Gasteiger partial charge in [0.05, 0.1) is 24.7 Å². The van der Waals surface area contributed by atoms with E-state index in [1.54, 1.807) is 25.8 Å². The monoisotopic (exact) mass is 397 g/mol. The first-order valence-electron chi connectivity index (χ1n) is 9.02. The fourth-order valence-corrected chi connectivity index (χ4v) is 4.35. The van der Waals surface area contributed by atoms with E-state index < -0.39 is 10.0 Å². The second-order valence-corrected chi connectivity index (χ2v) is 8.21. The molecule has 1 aromatic rings. The fourth-order valence-electron chi connectivity index (χ4n) is 2.89. The van der Waals surface area contributed by atoms with Crippen LogP contribution in [0.15, 0.2) is 29.2 Å². The molecule has 1 aromatic carbocycles. The Morgan fingerprint density at radius 1 is 1.07 bits per heavy atom. The molecule has 0 saturated carbocycles. The van der Waals surface area contributed by atoms with Gasteiger partial charge in [0.15, 0.2) is 0 Å². The highest BCUT2D eigenvalue weighted by atomic mass is 32.2. The third-order valence-electron chi connectivity index (χ3n) is 4.53. The summed E-state index contributed by atoms with van der Waals surface area (Å²) in [6, 6.07) is 5.82. The number of morpholine rings is 1. The predicted octanol–water partition coefficient (Wildman–Crippen LogP) is 0.648. The van der Waals surface area contributed by atoms with E-state index in [1.165, 1.54) is 33.5 Å². The van der Waals surface area contributed by atoms with Crippen LogP contribution in [0.3, 0.4) is 0 Å². The van der Waals surface area contributed by atoms with Crippen molar-refractivity contribution >= 4 is 21.8 Å². The molecule has 0 spiro atoms. The molecule has 1 fully saturated rings. The van der Waals surface area contributed by atoms with Crippen LogP contribution in [0.5, 0.6) is 0 Å². The van der Waals surface area contributed by atoms with Crippen LogP contribution in [-0.2, 0) is 19.6 Å². The van der Waals surface area contributed by atoms with Crippen LogP contribution in [0.25, 0.3) is 0 Å². The SMILES string of the molecule is CCN(CC)S(=O)(=O)c1ccc(C(=O)N(C)CC(=O)N2CCOCC2)cc1. The van der Waals surface area contributed by atoms with E-state index in [0.29, 0.717) is 45.0 Å². The normalized spacial score (nSPS) is 15.0. The number of benzene rings is 1. The number of nitrogens with zero attached hydrogens (tertiary/aromatic N) is 3. The maximum Gasteiger partial charge on any atom is 0.254 e. The summed E-state index contributed by atoms with van der Waals surface area (Å²) in [6.07, 6.45) is 0. The van der Waals surface area contributed by atoms with Crippen molar-refractivity contribution in [1.82, 2.24) is 14.1 Å². The first-order chi connectivity index (χ1) is 12.8. The maximum atomic E-state index is 12.5. The van der Waals surface area contributed by atoms with E-state index >= 15 is 0 Å². The Kier molecular flexibility index (Phi) is 7.34. The Balaban J connectivity index is 2.05. The number of carbonyl (C=O) groups is 2. The molecule has 8 nitrogen and oxygen atoms in total. The molecular weight excluding hydrogens is 370 g/mol. The highest BCUT2D eigenvalue weighted by Crippen LogP contribution is 2.17. The quantitative estimate of drug-likeness (QED) is 0.674. The molecule has 1 aliphatic heterocycles. The molecule has 1 saturated heterocycles. The first kappa shape index (κ1) is 21.3. The van der Waals surface area contributed by atoms with Gasteiger partial charge in [-0.05, 0) is 24.3 Å². The van der Waals surface area contributed by atoms with Gasteiger partial charge >= 0.3 is 0 Å². The fraction of sp³-hybridized carbons (Fsp3) is 0.556. The van der Waals surface area contributed by atoms with Gasteiger partial charge in [0, 0.05) is 38.8 Å². The molecule has 0 N–H and O–H groups in total. The minimum Gasteiger partial charge on any atom is -0.378 e. The average molecular weight is 397 g/mol. The van der Waals surface area contributed by atoms with E-state index in [1.807, 2.05) is 0 Å². The van der Waals surface area contributed by atoms with Crippen molar-refractivity contribution in [3.63, 3.8) is 0 Å². The molecule has 2 rings (SSSR count). The van der Waals surface area contributed by atoms with Crippen LogP contribution in [0.1, 0.15) is 24.2 Å². The number of amides is 2. The van der Waals surface area contributed by atoms with Gasteiger partial charge in [-0.1, -0.05) is 13.8 Å². The van der Waals surface area contributed by atoms with Gasteiger partial charge < -0.3 is 14.5 Å². The van der Waals surface area contributed by atoms with Crippen LogP contribution >= 0.6 is 0 Å². The van der Waals surface area contributed by atoms with Gasteiger partial charge in [-0.25, -0.2) is 8.42 Å². The van der Waals surface area contributed by atoms with Gasteiger partial charge in [0.1, 0.15) is 0 Å².